The lowest BCUT2D eigenvalue weighted by molar-refractivity contribution is -0.155. The molecular formula is C13H16BrClO2. The van der Waals surface area contributed by atoms with Crippen molar-refractivity contribution in [2.45, 2.75) is 37.6 Å². The van der Waals surface area contributed by atoms with Crippen LogP contribution in [-0.4, -0.2) is 16.4 Å². The van der Waals surface area contributed by atoms with Crippen LogP contribution in [0.5, 0.6) is 0 Å². The van der Waals surface area contributed by atoms with Gasteiger partial charge in [0, 0.05) is 11.4 Å². The molecule has 0 fully saturated rings. The predicted molar refractivity (Wildman–Crippen MR) is 73.7 cm³/mol. The first-order valence-electron chi connectivity index (χ1n) is 5.41. The fourth-order valence-electron chi connectivity index (χ4n) is 1.53. The average Bonchev–Trinajstić information content (AvgIpc) is 2.15. The quantitative estimate of drug-likeness (QED) is 0.619. The molecule has 94 valence electrons. The van der Waals surface area contributed by atoms with Crippen LogP contribution in [-0.2, 0) is 16.0 Å². The number of hydrogen-bond donors (Lipinski definition) is 0. The largest absolute Gasteiger partial charge is 0.458 e. The number of carbonyl (C=O) groups excluding carboxylic acids is 1. The first-order chi connectivity index (χ1) is 7.80. The molecule has 0 radical (unpaired) electrons. The minimum absolute atomic E-state index is 0.253. The first-order valence-corrected chi connectivity index (χ1v) is 6.71. The first kappa shape index (κ1) is 14.5. The van der Waals surface area contributed by atoms with E-state index < -0.39 is 5.60 Å². The summed E-state index contributed by atoms with van der Waals surface area (Å²) in [5, 5.41) is 0.693. The lowest BCUT2D eigenvalue weighted by Gasteiger charge is -2.26. The fourth-order valence-corrected chi connectivity index (χ4v) is 1.83. The van der Waals surface area contributed by atoms with Gasteiger partial charge in [-0.2, -0.15) is 0 Å². The summed E-state index contributed by atoms with van der Waals surface area (Å²) in [7, 11) is 0. The molecule has 0 aliphatic heterocycles. The summed E-state index contributed by atoms with van der Waals surface area (Å²) < 4.78 is 5.41. The van der Waals surface area contributed by atoms with Crippen LogP contribution in [0.4, 0.5) is 0 Å². The Kier molecular flexibility index (Phi) is 5.02. The molecule has 0 amide bonds. The second kappa shape index (κ2) is 5.87. The molecule has 1 unspecified atom stereocenters. The van der Waals surface area contributed by atoms with E-state index in [-0.39, 0.29) is 10.8 Å². The Morgan fingerprint density at radius 2 is 2.18 bits per heavy atom. The molecular weight excluding hydrogens is 303 g/mol. The van der Waals surface area contributed by atoms with Crippen LogP contribution < -0.4 is 0 Å². The highest BCUT2D eigenvalue weighted by Gasteiger charge is 2.25. The van der Waals surface area contributed by atoms with Gasteiger partial charge in [-0.15, -0.1) is 0 Å². The zero-order chi connectivity index (χ0) is 13.1. The molecule has 0 saturated heterocycles. The molecule has 0 saturated carbocycles. The van der Waals surface area contributed by atoms with E-state index in [4.69, 9.17) is 16.3 Å². The number of halogens is 2. The summed E-state index contributed by atoms with van der Waals surface area (Å²) in [6, 6.07) is 7.57. The number of benzene rings is 1. The second-order valence-electron chi connectivity index (χ2n) is 4.60. The van der Waals surface area contributed by atoms with Gasteiger partial charge in [0.05, 0.1) is 0 Å². The summed E-state index contributed by atoms with van der Waals surface area (Å²) >= 11 is 9.11. The standard InChI is InChI=1S/C13H16BrClO2/c1-9(14)12(16)17-13(2,3)8-10-5-4-6-11(15)7-10/h4-7,9H,8H2,1-3H3. The molecule has 0 bridgehead atoms. The normalized spacial score (nSPS) is 13.2. The van der Waals surface area contributed by atoms with Crippen molar-refractivity contribution in [2.24, 2.45) is 0 Å². The molecule has 1 aromatic carbocycles. The summed E-state index contributed by atoms with van der Waals surface area (Å²) in [5.41, 5.74) is 0.515. The molecule has 0 heterocycles. The SMILES string of the molecule is CC(Br)C(=O)OC(C)(C)Cc1cccc(Cl)c1. The van der Waals surface area contributed by atoms with Gasteiger partial charge in [-0.3, -0.25) is 4.79 Å². The smallest absolute Gasteiger partial charge is 0.319 e. The maximum absolute atomic E-state index is 11.5. The minimum Gasteiger partial charge on any atom is -0.458 e. The van der Waals surface area contributed by atoms with Crippen molar-refractivity contribution < 1.29 is 9.53 Å². The summed E-state index contributed by atoms with van der Waals surface area (Å²) in [6.45, 7) is 5.53. The zero-order valence-electron chi connectivity index (χ0n) is 10.2. The van der Waals surface area contributed by atoms with Gasteiger partial charge >= 0.3 is 5.97 Å². The maximum Gasteiger partial charge on any atom is 0.319 e. The van der Waals surface area contributed by atoms with Gasteiger partial charge in [0.15, 0.2) is 0 Å². The number of esters is 1. The zero-order valence-corrected chi connectivity index (χ0v) is 12.5. The van der Waals surface area contributed by atoms with Crippen LogP contribution >= 0.6 is 27.5 Å². The highest BCUT2D eigenvalue weighted by molar-refractivity contribution is 9.10. The highest BCUT2D eigenvalue weighted by Crippen LogP contribution is 2.21. The van der Waals surface area contributed by atoms with E-state index in [9.17, 15) is 4.79 Å². The molecule has 4 heteroatoms. The third-order valence-corrected chi connectivity index (χ3v) is 2.83. The van der Waals surface area contributed by atoms with E-state index in [2.05, 4.69) is 15.9 Å². The fraction of sp³-hybridized carbons (Fsp3) is 0.462. The van der Waals surface area contributed by atoms with Crippen molar-refractivity contribution >= 4 is 33.5 Å². The molecule has 1 aromatic rings. The van der Waals surface area contributed by atoms with Gasteiger partial charge in [0.25, 0.3) is 0 Å². The van der Waals surface area contributed by atoms with Gasteiger partial charge in [-0.1, -0.05) is 39.7 Å². The molecule has 2 nitrogen and oxygen atoms in total. The molecule has 0 aliphatic carbocycles. The number of rotatable bonds is 4. The van der Waals surface area contributed by atoms with E-state index >= 15 is 0 Å². The Bertz CT molecular complexity index is 402. The molecule has 0 aliphatic rings. The van der Waals surface area contributed by atoms with Crippen molar-refractivity contribution in [3.05, 3.63) is 34.9 Å². The van der Waals surface area contributed by atoms with E-state index in [1.807, 2.05) is 38.1 Å². The van der Waals surface area contributed by atoms with Gasteiger partial charge < -0.3 is 4.74 Å². The average molecular weight is 320 g/mol. The van der Waals surface area contributed by atoms with Crippen molar-refractivity contribution in [1.29, 1.82) is 0 Å². The van der Waals surface area contributed by atoms with Crippen LogP contribution in [0.2, 0.25) is 5.02 Å². The minimum atomic E-state index is -0.538. The third-order valence-electron chi connectivity index (χ3n) is 2.22. The highest BCUT2D eigenvalue weighted by atomic mass is 79.9. The van der Waals surface area contributed by atoms with E-state index in [1.54, 1.807) is 6.92 Å². The lowest BCUT2D eigenvalue weighted by Crippen LogP contribution is -2.33. The van der Waals surface area contributed by atoms with Crippen LogP contribution in [0.1, 0.15) is 26.3 Å². The maximum atomic E-state index is 11.5. The summed E-state index contributed by atoms with van der Waals surface area (Å²) in [6.07, 6.45) is 0.638. The molecule has 17 heavy (non-hydrogen) atoms. The topological polar surface area (TPSA) is 26.3 Å². The predicted octanol–water partition coefficient (Wildman–Crippen LogP) is 3.99. The lowest BCUT2D eigenvalue weighted by atomic mass is 9.98. The third kappa shape index (κ3) is 5.09. The Morgan fingerprint density at radius 3 is 2.71 bits per heavy atom. The monoisotopic (exact) mass is 318 g/mol. The van der Waals surface area contributed by atoms with Gasteiger partial charge in [-0.05, 0) is 38.5 Å². The number of hydrogen-bond acceptors (Lipinski definition) is 2. The number of ether oxygens (including phenoxy) is 1. The summed E-state index contributed by atoms with van der Waals surface area (Å²) in [4.78, 5) is 11.2. The number of alkyl halides is 1. The molecule has 0 spiro atoms. The Balaban J connectivity index is 2.69. The Morgan fingerprint density at radius 1 is 1.53 bits per heavy atom. The van der Waals surface area contributed by atoms with Crippen molar-refractivity contribution in [3.63, 3.8) is 0 Å². The Labute approximate surface area is 115 Å². The van der Waals surface area contributed by atoms with Gasteiger partial charge in [0.1, 0.15) is 10.4 Å². The van der Waals surface area contributed by atoms with Crippen LogP contribution in [0.25, 0.3) is 0 Å². The molecule has 1 rings (SSSR count). The number of carbonyl (C=O) groups is 1. The molecule has 1 atom stereocenters. The van der Waals surface area contributed by atoms with Crippen LogP contribution in [0.15, 0.2) is 24.3 Å². The van der Waals surface area contributed by atoms with Gasteiger partial charge in [-0.25, -0.2) is 0 Å². The summed E-state index contributed by atoms with van der Waals surface area (Å²) in [5.74, 6) is -0.253. The van der Waals surface area contributed by atoms with Crippen molar-refractivity contribution in [2.75, 3.05) is 0 Å². The second-order valence-corrected chi connectivity index (χ2v) is 6.41. The van der Waals surface area contributed by atoms with Gasteiger partial charge in [0.2, 0.25) is 0 Å². The van der Waals surface area contributed by atoms with E-state index in [0.717, 1.165) is 5.56 Å². The molecule has 0 N–H and O–H groups in total. The van der Waals surface area contributed by atoms with Crippen LogP contribution in [0.3, 0.4) is 0 Å². The van der Waals surface area contributed by atoms with E-state index in [0.29, 0.717) is 11.4 Å². The Hall–Kier alpha value is -0.540. The molecule has 0 aromatic heterocycles. The van der Waals surface area contributed by atoms with E-state index in [1.165, 1.54) is 0 Å². The van der Waals surface area contributed by atoms with Crippen LogP contribution in [0, 0.1) is 0 Å². The van der Waals surface area contributed by atoms with Crippen molar-refractivity contribution in [3.8, 4) is 0 Å². The van der Waals surface area contributed by atoms with Crippen molar-refractivity contribution in [1.82, 2.24) is 0 Å².